The highest BCUT2D eigenvalue weighted by Gasteiger charge is 2.23. The number of hydrogen-bond acceptors (Lipinski definition) is 4. The van der Waals surface area contributed by atoms with Gasteiger partial charge in [0.05, 0.1) is 5.02 Å². The minimum Gasteiger partial charge on any atom is -0.454 e. The Balaban J connectivity index is 2.30. The summed E-state index contributed by atoms with van der Waals surface area (Å²) in [4.78, 5) is 11.5. The minimum atomic E-state index is -0.572. The molecule has 0 fully saturated rings. The summed E-state index contributed by atoms with van der Waals surface area (Å²) in [5, 5.41) is 3.49. The van der Waals surface area contributed by atoms with Crippen LogP contribution in [-0.4, -0.2) is 19.2 Å². The van der Waals surface area contributed by atoms with Gasteiger partial charge in [0, 0.05) is 0 Å². The molecule has 98 valence electrons. The van der Waals surface area contributed by atoms with Crippen molar-refractivity contribution in [2.75, 3.05) is 13.3 Å². The van der Waals surface area contributed by atoms with Crippen LogP contribution in [0.25, 0.3) is 0 Å². The average Bonchev–Trinajstić information content (AvgIpc) is 2.78. The van der Waals surface area contributed by atoms with Gasteiger partial charge in [-0.25, -0.2) is 0 Å². The molecule has 0 saturated carbocycles. The molecule has 5 nitrogen and oxygen atoms in total. The number of ether oxygens (including phenoxy) is 2. The van der Waals surface area contributed by atoms with E-state index in [1.807, 2.05) is 6.92 Å². The van der Waals surface area contributed by atoms with Crippen molar-refractivity contribution in [1.29, 1.82) is 0 Å². The summed E-state index contributed by atoms with van der Waals surface area (Å²) in [5.41, 5.74) is 6.07. The molecule has 0 radical (unpaired) electrons. The molecule has 1 aromatic rings. The number of benzene rings is 1. The summed E-state index contributed by atoms with van der Waals surface area (Å²) in [6.45, 7) is 2.85. The Morgan fingerprint density at radius 3 is 3.00 bits per heavy atom. The number of hydrogen-bond donors (Lipinski definition) is 2. The molecule has 0 bridgehead atoms. The van der Waals surface area contributed by atoms with Crippen molar-refractivity contribution < 1.29 is 14.3 Å². The summed E-state index contributed by atoms with van der Waals surface area (Å²) < 4.78 is 10.5. The number of rotatable bonds is 5. The molecular weight excluding hydrogens is 256 g/mol. The van der Waals surface area contributed by atoms with Crippen LogP contribution in [-0.2, 0) is 4.79 Å². The third-order valence-corrected chi connectivity index (χ3v) is 2.95. The van der Waals surface area contributed by atoms with Crippen LogP contribution in [0.4, 0.5) is 0 Å². The van der Waals surface area contributed by atoms with Gasteiger partial charge in [-0.2, -0.15) is 0 Å². The highest BCUT2D eigenvalue weighted by molar-refractivity contribution is 6.32. The fraction of sp³-hybridized carbons (Fsp3) is 0.417. The van der Waals surface area contributed by atoms with E-state index < -0.39 is 11.9 Å². The first-order valence-corrected chi connectivity index (χ1v) is 6.13. The molecule has 3 N–H and O–H groups in total. The second-order valence-corrected chi connectivity index (χ2v) is 4.43. The van der Waals surface area contributed by atoms with Crippen LogP contribution in [0.3, 0.4) is 0 Å². The van der Waals surface area contributed by atoms with Gasteiger partial charge < -0.3 is 20.5 Å². The molecule has 6 heteroatoms. The Bertz CT molecular complexity index is 465. The molecule has 1 atom stereocenters. The van der Waals surface area contributed by atoms with Crippen molar-refractivity contribution in [2.45, 2.75) is 19.4 Å². The Kier molecular flexibility index (Phi) is 3.93. The maximum Gasteiger partial charge on any atom is 0.239 e. The lowest BCUT2D eigenvalue weighted by Crippen LogP contribution is -2.34. The van der Waals surface area contributed by atoms with E-state index in [1.54, 1.807) is 12.1 Å². The van der Waals surface area contributed by atoms with Crippen LogP contribution in [0.5, 0.6) is 11.5 Å². The third kappa shape index (κ3) is 2.52. The van der Waals surface area contributed by atoms with Crippen LogP contribution in [0, 0.1) is 0 Å². The predicted octanol–water partition coefficient (Wildman–Crippen LogP) is 1.59. The van der Waals surface area contributed by atoms with Gasteiger partial charge >= 0.3 is 0 Å². The summed E-state index contributed by atoms with van der Waals surface area (Å²) in [6, 6.07) is 2.83. The number of nitrogens with one attached hydrogen (secondary N) is 1. The first kappa shape index (κ1) is 13.0. The predicted molar refractivity (Wildman–Crippen MR) is 67.8 cm³/mol. The van der Waals surface area contributed by atoms with Gasteiger partial charge in [0.25, 0.3) is 0 Å². The van der Waals surface area contributed by atoms with Crippen LogP contribution in [0.1, 0.15) is 24.9 Å². The van der Waals surface area contributed by atoms with Gasteiger partial charge in [0.15, 0.2) is 11.5 Å². The first-order valence-electron chi connectivity index (χ1n) is 5.75. The van der Waals surface area contributed by atoms with E-state index in [0.717, 1.165) is 6.42 Å². The Morgan fingerprint density at radius 2 is 2.33 bits per heavy atom. The summed E-state index contributed by atoms with van der Waals surface area (Å²) in [7, 11) is 0. The van der Waals surface area contributed by atoms with Crippen LogP contribution in [0.2, 0.25) is 5.02 Å². The van der Waals surface area contributed by atoms with Gasteiger partial charge in [-0.1, -0.05) is 18.5 Å². The SMILES string of the molecule is CCCNC(C(N)=O)c1cc(Cl)c2c(c1)OCO2. The normalized spacial score (nSPS) is 14.6. The second kappa shape index (κ2) is 5.46. The average molecular weight is 271 g/mol. The molecule has 0 aliphatic carbocycles. The zero-order valence-electron chi connectivity index (χ0n) is 10.0. The first-order chi connectivity index (χ1) is 8.63. The Hall–Kier alpha value is -1.46. The highest BCUT2D eigenvalue weighted by atomic mass is 35.5. The van der Waals surface area contributed by atoms with Gasteiger partial charge in [-0.15, -0.1) is 0 Å². The molecule has 2 rings (SSSR count). The summed E-state index contributed by atoms with van der Waals surface area (Å²) >= 11 is 6.07. The van der Waals surface area contributed by atoms with Crippen molar-refractivity contribution in [2.24, 2.45) is 5.73 Å². The zero-order chi connectivity index (χ0) is 13.1. The van der Waals surface area contributed by atoms with E-state index in [-0.39, 0.29) is 6.79 Å². The summed E-state index contributed by atoms with van der Waals surface area (Å²) in [6.07, 6.45) is 0.905. The van der Waals surface area contributed by atoms with E-state index in [0.29, 0.717) is 28.6 Å². The van der Waals surface area contributed by atoms with Crippen molar-refractivity contribution in [3.63, 3.8) is 0 Å². The number of primary amides is 1. The van der Waals surface area contributed by atoms with E-state index in [2.05, 4.69) is 5.32 Å². The molecule has 1 aliphatic rings. The molecular formula is C12H15ClN2O3. The van der Waals surface area contributed by atoms with Crippen molar-refractivity contribution >= 4 is 17.5 Å². The van der Waals surface area contributed by atoms with Crippen molar-refractivity contribution in [1.82, 2.24) is 5.32 Å². The molecule has 0 spiro atoms. The van der Waals surface area contributed by atoms with Crippen LogP contribution < -0.4 is 20.5 Å². The second-order valence-electron chi connectivity index (χ2n) is 4.03. The quantitative estimate of drug-likeness (QED) is 0.852. The third-order valence-electron chi connectivity index (χ3n) is 2.67. The van der Waals surface area contributed by atoms with Gasteiger partial charge in [-0.3, -0.25) is 4.79 Å². The molecule has 1 aromatic carbocycles. The number of nitrogens with two attached hydrogens (primary N) is 1. The van der Waals surface area contributed by atoms with Crippen molar-refractivity contribution in [3.8, 4) is 11.5 Å². The Labute approximate surface area is 110 Å². The number of amides is 1. The van der Waals surface area contributed by atoms with Gasteiger partial charge in [0.2, 0.25) is 12.7 Å². The van der Waals surface area contributed by atoms with Gasteiger partial charge in [-0.05, 0) is 30.7 Å². The lowest BCUT2D eigenvalue weighted by Gasteiger charge is -2.16. The molecule has 1 amide bonds. The topological polar surface area (TPSA) is 73.6 Å². The number of carbonyl (C=O) groups is 1. The van der Waals surface area contributed by atoms with E-state index in [4.69, 9.17) is 26.8 Å². The lowest BCUT2D eigenvalue weighted by molar-refractivity contribution is -0.120. The van der Waals surface area contributed by atoms with E-state index in [1.165, 1.54) is 0 Å². The van der Waals surface area contributed by atoms with Crippen LogP contribution in [0.15, 0.2) is 12.1 Å². The lowest BCUT2D eigenvalue weighted by atomic mass is 10.1. The van der Waals surface area contributed by atoms with E-state index >= 15 is 0 Å². The molecule has 0 aromatic heterocycles. The number of fused-ring (bicyclic) bond motifs is 1. The molecule has 1 unspecified atom stereocenters. The molecule has 18 heavy (non-hydrogen) atoms. The fourth-order valence-corrected chi connectivity index (χ4v) is 2.10. The van der Waals surface area contributed by atoms with E-state index in [9.17, 15) is 4.79 Å². The smallest absolute Gasteiger partial charge is 0.239 e. The molecule has 1 heterocycles. The minimum absolute atomic E-state index is 0.141. The maximum absolute atomic E-state index is 11.5. The fourth-order valence-electron chi connectivity index (χ4n) is 1.83. The highest BCUT2D eigenvalue weighted by Crippen LogP contribution is 2.40. The molecule has 0 saturated heterocycles. The maximum atomic E-state index is 11.5. The standard InChI is InChI=1S/C12H15ClN2O3/c1-2-3-15-10(12(14)16)7-4-8(13)11-9(5-7)17-6-18-11/h4-5,10,15H,2-3,6H2,1H3,(H2,14,16). The zero-order valence-corrected chi connectivity index (χ0v) is 10.8. The molecule has 1 aliphatic heterocycles. The number of carbonyl (C=O) groups excluding carboxylic acids is 1. The van der Waals surface area contributed by atoms with Gasteiger partial charge in [0.1, 0.15) is 6.04 Å². The number of halogens is 1. The Morgan fingerprint density at radius 1 is 1.56 bits per heavy atom. The van der Waals surface area contributed by atoms with Crippen molar-refractivity contribution in [3.05, 3.63) is 22.7 Å². The largest absolute Gasteiger partial charge is 0.454 e. The van der Waals surface area contributed by atoms with Crippen LogP contribution >= 0.6 is 11.6 Å². The monoisotopic (exact) mass is 270 g/mol. The summed E-state index contributed by atoms with van der Waals surface area (Å²) in [5.74, 6) is 0.611.